The number of hydrogen-bond acceptors (Lipinski definition) is 5. The number of benzene rings is 2. The lowest BCUT2D eigenvalue weighted by molar-refractivity contribution is -0.345. The molecule has 10 heteroatoms. The third kappa shape index (κ3) is 9.40. The second kappa shape index (κ2) is 16.0. The lowest BCUT2D eigenvalue weighted by Crippen LogP contribution is -2.36. The Bertz CT molecular complexity index is 1160. The molecular weight excluding hydrogens is 572 g/mol. The van der Waals surface area contributed by atoms with E-state index in [2.05, 4.69) is 21.9 Å². The maximum Gasteiger partial charge on any atom is 0.522 e. The lowest BCUT2D eigenvalue weighted by Gasteiger charge is -2.33. The predicted octanol–water partition coefficient (Wildman–Crippen LogP) is 8.41. The Morgan fingerprint density at radius 3 is 2.43 bits per heavy atom. The van der Waals surface area contributed by atoms with Crippen molar-refractivity contribution in [1.29, 1.82) is 0 Å². The van der Waals surface area contributed by atoms with Crippen LogP contribution in [0.3, 0.4) is 0 Å². The van der Waals surface area contributed by atoms with Gasteiger partial charge in [0.2, 0.25) is 0 Å². The van der Waals surface area contributed by atoms with Gasteiger partial charge in [0.15, 0.2) is 0 Å². The number of ether oxygens (including phenoxy) is 2. The summed E-state index contributed by atoms with van der Waals surface area (Å²) in [6.07, 6.45) is -2.49. The van der Waals surface area contributed by atoms with Crippen LogP contribution in [0.1, 0.15) is 99.6 Å². The predicted molar refractivity (Wildman–Crippen MR) is 157 cm³/mol. The highest BCUT2D eigenvalue weighted by molar-refractivity contribution is 6.30. The van der Waals surface area contributed by atoms with E-state index in [4.69, 9.17) is 16.3 Å². The molecule has 0 spiro atoms. The van der Waals surface area contributed by atoms with Gasteiger partial charge in [0.05, 0.1) is 12.7 Å². The van der Waals surface area contributed by atoms with Crippen molar-refractivity contribution in [3.05, 3.63) is 69.5 Å². The molecule has 42 heavy (non-hydrogen) atoms. The summed E-state index contributed by atoms with van der Waals surface area (Å²) in [4.78, 5) is 15.5. The summed E-state index contributed by atoms with van der Waals surface area (Å²) >= 11 is 6.25. The highest BCUT2D eigenvalue weighted by atomic mass is 35.5. The van der Waals surface area contributed by atoms with Crippen molar-refractivity contribution in [3.8, 4) is 0 Å². The van der Waals surface area contributed by atoms with Crippen molar-refractivity contribution in [2.45, 2.75) is 96.7 Å². The number of nitrogens with zero attached hydrogens (tertiary/aromatic N) is 1. The Morgan fingerprint density at radius 1 is 1.10 bits per heavy atom. The van der Waals surface area contributed by atoms with E-state index >= 15 is 4.39 Å². The van der Waals surface area contributed by atoms with Crippen molar-refractivity contribution in [3.63, 3.8) is 0 Å². The van der Waals surface area contributed by atoms with Crippen molar-refractivity contribution in [2.75, 3.05) is 26.2 Å². The number of esters is 1. The molecule has 5 nitrogen and oxygen atoms in total. The largest absolute Gasteiger partial charge is 0.522 e. The molecule has 3 rings (SSSR count). The summed E-state index contributed by atoms with van der Waals surface area (Å²) in [5, 5.41) is 3.85. The first-order chi connectivity index (χ1) is 20.0. The number of carbonyl (C=O) groups is 1. The van der Waals surface area contributed by atoms with Crippen LogP contribution >= 0.6 is 11.6 Å². The van der Waals surface area contributed by atoms with E-state index in [0.29, 0.717) is 42.9 Å². The van der Waals surface area contributed by atoms with Crippen LogP contribution < -0.4 is 5.32 Å². The van der Waals surface area contributed by atoms with E-state index in [0.717, 1.165) is 29.7 Å². The van der Waals surface area contributed by atoms with Gasteiger partial charge < -0.3 is 10.1 Å². The van der Waals surface area contributed by atoms with Crippen LogP contribution in [0.25, 0.3) is 0 Å². The van der Waals surface area contributed by atoms with Gasteiger partial charge in [-0.05, 0) is 113 Å². The van der Waals surface area contributed by atoms with Gasteiger partial charge in [0.1, 0.15) is 11.9 Å². The van der Waals surface area contributed by atoms with Crippen LogP contribution in [0.2, 0.25) is 5.02 Å². The molecule has 0 amide bonds. The molecule has 2 atom stereocenters. The zero-order valence-electron chi connectivity index (χ0n) is 24.9. The summed E-state index contributed by atoms with van der Waals surface area (Å²) in [5.41, 5.74) is 3.22. The minimum atomic E-state index is -4.65. The molecule has 2 aromatic rings. The molecule has 1 aliphatic rings. The molecule has 0 saturated heterocycles. The maximum absolute atomic E-state index is 15.0. The molecule has 0 radical (unpaired) electrons. The zero-order valence-corrected chi connectivity index (χ0v) is 25.7. The molecular formula is C32H43ClF4N2O3. The van der Waals surface area contributed by atoms with Gasteiger partial charge in [0, 0.05) is 16.6 Å². The molecule has 0 aromatic heterocycles. The van der Waals surface area contributed by atoms with E-state index in [-0.39, 0.29) is 37.2 Å². The highest BCUT2D eigenvalue weighted by Crippen LogP contribution is 2.40. The Hall–Kier alpha value is -2.20. The molecule has 234 valence electrons. The third-order valence-corrected chi connectivity index (χ3v) is 8.25. The van der Waals surface area contributed by atoms with Gasteiger partial charge in [-0.1, -0.05) is 43.6 Å². The molecule has 0 aliphatic heterocycles. The van der Waals surface area contributed by atoms with Gasteiger partial charge in [-0.3, -0.25) is 9.64 Å². The topological polar surface area (TPSA) is 50.8 Å². The summed E-state index contributed by atoms with van der Waals surface area (Å²) < 4.78 is 63.1. The minimum Gasteiger partial charge on any atom is -0.465 e. The number of carbonyl (C=O) groups excluding carboxylic acids is 1. The lowest BCUT2D eigenvalue weighted by atomic mass is 9.78. The van der Waals surface area contributed by atoms with Gasteiger partial charge in [-0.2, -0.15) is 0 Å². The Balaban J connectivity index is 1.86. The van der Waals surface area contributed by atoms with Crippen LogP contribution in [0, 0.1) is 12.7 Å². The third-order valence-electron chi connectivity index (χ3n) is 8.01. The van der Waals surface area contributed by atoms with Crippen molar-refractivity contribution < 1.29 is 31.8 Å². The molecule has 0 bridgehead atoms. The maximum atomic E-state index is 15.0. The summed E-state index contributed by atoms with van der Waals surface area (Å²) in [6.45, 7) is 9.90. The SMILES string of the molecule is CCCN(CC)[C@@H](CCNC(C(=O)OCC)c1cccc(C)c1C1CCC(OC(F)(F)F)CC1)c1cc(Cl)ccc1F. The molecule has 1 N–H and O–H groups in total. The average molecular weight is 615 g/mol. The summed E-state index contributed by atoms with van der Waals surface area (Å²) in [6, 6.07) is 9.27. The van der Waals surface area contributed by atoms with Gasteiger partial charge >= 0.3 is 12.3 Å². The molecule has 1 saturated carbocycles. The van der Waals surface area contributed by atoms with Crippen LogP contribution in [-0.2, 0) is 14.3 Å². The molecule has 1 aliphatic carbocycles. The van der Waals surface area contributed by atoms with Crippen molar-refractivity contribution in [1.82, 2.24) is 10.2 Å². The van der Waals surface area contributed by atoms with E-state index in [1.165, 1.54) is 12.1 Å². The van der Waals surface area contributed by atoms with Gasteiger partial charge in [0.25, 0.3) is 0 Å². The number of rotatable bonds is 14. The summed E-state index contributed by atoms with van der Waals surface area (Å²) in [7, 11) is 0. The zero-order chi connectivity index (χ0) is 30.9. The Kier molecular flexibility index (Phi) is 13.1. The van der Waals surface area contributed by atoms with Crippen LogP contribution in [0.15, 0.2) is 36.4 Å². The fourth-order valence-corrected chi connectivity index (χ4v) is 6.39. The second-order valence-electron chi connectivity index (χ2n) is 10.9. The van der Waals surface area contributed by atoms with Gasteiger partial charge in [-0.25, -0.2) is 9.18 Å². The van der Waals surface area contributed by atoms with E-state index < -0.39 is 24.5 Å². The minimum absolute atomic E-state index is 0.0125. The quantitative estimate of drug-likeness (QED) is 0.171. The average Bonchev–Trinajstić information content (AvgIpc) is 2.93. The fraction of sp³-hybridized carbons (Fsp3) is 0.594. The first kappa shape index (κ1) is 34.3. The molecule has 1 fully saturated rings. The first-order valence-corrected chi connectivity index (χ1v) is 15.3. The monoisotopic (exact) mass is 614 g/mol. The molecule has 2 aromatic carbocycles. The number of aryl methyl sites for hydroxylation is 1. The van der Waals surface area contributed by atoms with Crippen molar-refractivity contribution in [2.24, 2.45) is 0 Å². The number of nitrogens with one attached hydrogen (secondary N) is 1. The Morgan fingerprint density at radius 2 is 1.81 bits per heavy atom. The number of hydrogen-bond donors (Lipinski definition) is 1. The normalized spacial score (nSPS) is 19.1. The van der Waals surface area contributed by atoms with Crippen LogP contribution in [-0.4, -0.2) is 49.6 Å². The van der Waals surface area contributed by atoms with Crippen molar-refractivity contribution >= 4 is 17.6 Å². The first-order valence-electron chi connectivity index (χ1n) is 14.9. The smallest absolute Gasteiger partial charge is 0.465 e. The number of alkyl halides is 3. The van der Waals surface area contributed by atoms with Crippen LogP contribution in [0.4, 0.5) is 17.6 Å². The second-order valence-corrected chi connectivity index (χ2v) is 11.3. The van der Waals surface area contributed by atoms with E-state index in [1.807, 2.05) is 32.0 Å². The summed E-state index contributed by atoms with van der Waals surface area (Å²) in [5.74, 6) is -0.766. The number of halogens is 5. The van der Waals surface area contributed by atoms with E-state index in [1.54, 1.807) is 13.0 Å². The van der Waals surface area contributed by atoms with E-state index in [9.17, 15) is 18.0 Å². The fourth-order valence-electron chi connectivity index (χ4n) is 6.21. The molecule has 0 heterocycles. The van der Waals surface area contributed by atoms with Gasteiger partial charge in [-0.15, -0.1) is 13.2 Å². The standard InChI is InChI=1S/C32H43ClF4N2O3/c1-5-19-39(6-2)28(26-20-23(33)13-16-27(26)34)17-18-38-30(31(40)41-7-3)25-10-8-9-21(4)29(25)22-11-14-24(15-12-22)42-32(35,36)37/h8-10,13,16,20,22,24,28,30,38H,5-7,11-12,14-15,17-19H2,1-4H3/t22?,24?,28-,30?/m0/s1. The van der Waals surface area contributed by atoms with Crippen LogP contribution in [0.5, 0.6) is 0 Å². The highest BCUT2D eigenvalue weighted by Gasteiger charge is 2.37. The Labute approximate surface area is 251 Å². The molecule has 1 unspecified atom stereocenters.